The zero-order valence-corrected chi connectivity index (χ0v) is 17.3. The maximum Gasteiger partial charge on any atom is 0.243 e. The Labute approximate surface area is 175 Å². The van der Waals surface area contributed by atoms with Gasteiger partial charge >= 0.3 is 0 Å². The van der Waals surface area contributed by atoms with Crippen LogP contribution in [0.2, 0.25) is 0 Å². The van der Waals surface area contributed by atoms with Gasteiger partial charge in [-0.1, -0.05) is 29.8 Å². The highest BCUT2D eigenvalue weighted by Gasteiger charge is 2.23. The van der Waals surface area contributed by atoms with Gasteiger partial charge in [-0.2, -0.15) is 4.31 Å². The summed E-state index contributed by atoms with van der Waals surface area (Å²) in [4.78, 5) is 12.4. The van der Waals surface area contributed by atoms with Gasteiger partial charge in [-0.25, -0.2) is 12.8 Å². The second-order valence-electron chi connectivity index (χ2n) is 6.67. The highest BCUT2D eigenvalue weighted by molar-refractivity contribution is 7.89. The van der Waals surface area contributed by atoms with Crippen LogP contribution in [0.4, 0.5) is 10.1 Å². The third-order valence-electron chi connectivity index (χ3n) is 4.30. The summed E-state index contributed by atoms with van der Waals surface area (Å²) in [6.07, 6.45) is 0. The summed E-state index contributed by atoms with van der Waals surface area (Å²) >= 11 is 0. The van der Waals surface area contributed by atoms with Gasteiger partial charge in [0.1, 0.15) is 11.6 Å². The fourth-order valence-corrected chi connectivity index (χ4v) is 3.78. The van der Waals surface area contributed by atoms with Crippen molar-refractivity contribution in [2.24, 2.45) is 0 Å². The molecule has 0 unspecified atom stereocenters. The predicted molar refractivity (Wildman–Crippen MR) is 113 cm³/mol. The number of aryl methyl sites for hydroxylation is 1. The van der Waals surface area contributed by atoms with E-state index in [1.54, 1.807) is 24.3 Å². The number of hydrogen-bond acceptors (Lipinski definition) is 4. The number of rotatable bonds is 7. The zero-order valence-electron chi connectivity index (χ0n) is 16.5. The average Bonchev–Trinajstić information content (AvgIpc) is 2.71. The monoisotopic (exact) mass is 428 g/mol. The number of likely N-dealkylation sites (N-methyl/N-ethyl adjacent to an activating group) is 1. The van der Waals surface area contributed by atoms with Gasteiger partial charge in [0, 0.05) is 7.05 Å². The number of halogens is 1. The van der Waals surface area contributed by atoms with E-state index in [0.717, 1.165) is 34.1 Å². The van der Waals surface area contributed by atoms with Crippen molar-refractivity contribution in [3.63, 3.8) is 0 Å². The Morgan fingerprint density at radius 1 is 1.00 bits per heavy atom. The molecule has 30 heavy (non-hydrogen) atoms. The molecule has 0 aliphatic rings. The van der Waals surface area contributed by atoms with Crippen LogP contribution >= 0.6 is 0 Å². The largest absolute Gasteiger partial charge is 0.455 e. The zero-order chi connectivity index (χ0) is 21.7. The quantitative estimate of drug-likeness (QED) is 0.612. The first-order valence-electron chi connectivity index (χ1n) is 9.11. The molecule has 6 nitrogen and oxygen atoms in total. The third-order valence-corrected chi connectivity index (χ3v) is 6.12. The SMILES string of the molecule is Cc1ccc(Oc2ccccc2NC(=O)CN(C)S(=O)(=O)c2ccc(F)cc2)cc1. The van der Waals surface area contributed by atoms with Crippen molar-refractivity contribution < 1.29 is 22.3 Å². The first kappa shape index (κ1) is 21.5. The van der Waals surface area contributed by atoms with Gasteiger partial charge < -0.3 is 10.1 Å². The Morgan fingerprint density at radius 3 is 2.30 bits per heavy atom. The van der Waals surface area contributed by atoms with E-state index in [0.29, 0.717) is 17.2 Å². The first-order valence-corrected chi connectivity index (χ1v) is 10.5. The highest BCUT2D eigenvalue weighted by Crippen LogP contribution is 2.29. The summed E-state index contributed by atoms with van der Waals surface area (Å²) in [5.74, 6) is -0.0419. The number of carbonyl (C=O) groups excluding carboxylic acids is 1. The Bertz CT molecular complexity index is 1130. The maximum absolute atomic E-state index is 13.1. The van der Waals surface area contributed by atoms with Gasteiger partial charge in [0.05, 0.1) is 17.1 Å². The van der Waals surface area contributed by atoms with E-state index < -0.39 is 28.3 Å². The molecule has 0 heterocycles. The number of carbonyl (C=O) groups is 1. The van der Waals surface area contributed by atoms with Crippen molar-refractivity contribution in [1.29, 1.82) is 0 Å². The topological polar surface area (TPSA) is 75.7 Å². The van der Waals surface area contributed by atoms with Gasteiger partial charge in [0.15, 0.2) is 5.75 Å². The van der Waals surface area contributed by atoms with Gasteiger partial charge in [-0.15, -0.1) is 0 Å². The van der Waals surface area contributed by atoms with Crippen LogP contribution in [0.1, 0.15) is 5.56 Å². The Hall–Kier alpha value is -3.23. The number of amides is 1. The predicted octanol–water partition coefficient (Wildman–Crippen LogP) is 4.19. The lowest BCUT2D eigenvalue weighted by molar-refractivity contribution is -0.116. The van der Waals surface area contributed by atoms with Crippen LogP contribution in [0.15, 0.2) is 77.7 Å². The molecule has 0 aromatic heterocycles. The minimum Gasteiger partial charge on any atom is -0.455 e. The Kier molecular flexibility index (Phi) is 6.49. The van der Waals surface area contributed by atoms with E-state index in [2.05, 4.69) is 5.32 Å². The molecule has 3 rings (SSSR count). The summed E-state index contributed by atoms with van der Waals surface area (Å²) in [6.45, 7) is 1.55. The second-order valence-corrected chi connectivity index (χ2v) is 8.72. The summed E-state index contributed by atoms with van der Waals surface area (Å²) in [7, 11) is -2.65. The van der Waals surface area contributed by atoms with E-state index in [-0.39, 0.29) is 4.90 Å². The fraction of sp³-hybridized carbons (Fsp3) is 0.136. The summed E-state index contributed by atoms with van der Waals surface area (Å²) < 4.78 is 44.9. The van der Waals surface area contributed by atoms with Crippen LogP contribution in [0.5, 0.6) is 11.5 Å². The lowest BCUT2D eigenvalue weighted by atomic mass is 10.2. The molecule has 1 N–H and O–H groups in total. The number of ether oxygens (including phenoxy) is 1. The minimum atomic E-state index is -3.93. The molecule has 3 aromatic carbocycles. The Morgan fingerprint density at radius 2 is 1.63 bits per heavy atom. The van der Waals surface area contributed by atoms with Crippen LogP contribution in [-0.4, -0.2) is 32.2 Å². The number of benzene rings is 3. The highest BCUT2D eigenvalue weighted by atomic mass is 32.2. The third kappa shape index (κ3) is 5.22. The maximum atomic E-state index is 13.1. The van der Waals surface area contributed by atoms with Crippen LogP contribution in [0.3, 0.4) is 0 Å². The normalized spacial score (nSPS) is 11.3. The van der Waals surface area contributed by atoms with Crippen molar-refractivity contribution in [2.45, 2.75) is 11.8 Å². The minimum absolute atomic E-state index is 0.0951. The molecule has 0 fully saturated rings. The summed E-state index contributed by atoms with van der Waals surface area (Å²) in [6, 6.07) is 18.7. The van der Waals surface area contributed by atoms with Gasteiger partial charge in [-0.05, 0) is 55.5 Å². The molecule has 0 aliphatic carbocycles. The van der Waals surface area contributed by atoms with E-state index in [9.17, 15) is 17.6 Å². The molecular weight excluding hydrogens is 407 g/mol. The lowest BCUT2D eigenvalue weighted by Gasteiger charge is -2.18. The number of sulfonamides is 1. The molecule has 3 aromatic rings. The van der Waals surface area contributed by atoms with E-state index in [1.807, 2.05) is 31.2 Å². The van der Waals surface area contributed by atoms with Crippen molar-refractivity contribution in [2.75, 3.05) is 18.9 Å². The molecule has 0 bridgehead atoms. The molecule has 0 saturated carbocycles. The molecule has 8 heteroatoms. The molecule has 0 radical (unpaired) electrons. The lowest BCUT2D eigenvalue weighted by Crippen LogP contribution is -2.35. The fourth-order valence-electron chi connectivity index (χ4n) is 2.66. The van der Waals surface area contributed by atoms with Gasteiger partial charge in [-0.3, -0.25) is 4.79 Å². The van der Waals surface area contributed by atoms with Crippen LogP contribution in [-0.2, 0) is 14.8 Å². The molecule has 0 atom stereocenters. The summed E-state index contributed by atoms with van der Waals surface area (Å²) in [5, 5.41) is 2.68. The van der Waals surface area contributed by atoms with E-state index in [4.69, 9.17) is 4.74 Å². The first-order chi connectivity index (χ1) is 14.3. The van der Waals surface area contributed by atoms with Crippen LogP contribution in [0, 0.1) is 12.7 Å². The van der Waals surface area contributed by atoms with Crippen LogP contribution in [0.25, 0.3) is 0 Å². The molecular formula is C22H21FN2O4S. The number of anilines is 1. The molecule has 0 saturated heterocycles. The number of hydrogen-bond donors (Lipinski definition) is 1. The number of para-hydroxylation sites is 2. The molecule has 1 amide bonds. The van der Waals surface area contributed by atoms with E-state index in [1.165, 1.54) is 7.05 Å². The van der Waals surface area contributed by atoms with Crippen LogP contribution < -0.4 is 10.1 Å². The summed E-state index contributed by atoms with van der Waals surface area (Å²) in [5.41, 5.74) is 1.50. The standard InChI is InChI=1S/C22H21FN2O4S/c1-16-7-11-18(12-8-16)29-21-6-4-3-5-20(21)24-22(26)15-25(2)30(27,28)19-13-9-17(23)10-14-19/h3-14H,15H2,1-2H3,(H,24,26). The van der Waals surface area contributed by atoms with Gasteiger partial charge in [0.25, 0.3) is 0 Å². The smallest absolute Gasteiger partial charge is 0.243 e. The van der Waals surface area contributed by atoms with Crippen molar-refractivity contribution >= 4 is 21.6 Å². The average molecular weight is 428 g/mol. The molecule has 0 spiro atoms. The molecule has 0 aliphatic heterocycles. The number of nitrogens with one attached hydrogen (secondary N) is 1. The number of nitrogens with zero attached hydrogens (tertiary/aromatic N) is 1. The molecule has 156 valence electrons. The second kappa shape index (κ2) is 9.06. The van der Waals surface area contributed by atoms with E-state index >= 15 is 0 Å². The van der Waals surface area contributed by atoms with Crippen molar-refractivity contribution in [1.82, 2.24) is 4.31 Å². The van der Waals surface area contributed by atoms with Crippen molar-refractivity contribution in [3.05, 3.63) is 84.2 Å². The van der Waals surface area contributed by atoms with Crippen molar-refractivity contribution in [3.8, 4) is 11.5 Å². The van der Waals surface area contributed by atoms with Gasteiger partial charge in [0.2, 0.25) is 15.9 Å². The Balaban J connectivity index is 1.70.